The lowest BCUT2D eigenvalue weighted by atomic mass is 10.2. The highest BCUT2D eigenvalue weighted by Gasteiger charge is 2.14. The molecule has 3 aromatic rings. The van der Waals surface area contributed by atoms with E-state index in [0.717, 1.165) is 34.4 Å². The van der Waals surface area contributed by atoms with Gasteiger partial charge in [0.2, 0.25) is 5.91 Å². The summed E-state index contributed by atoms with van der Waals surface area (Å²) in [5.41, 5.74) is 2.05. The van der Waals surface area contributed by atoms with Crippen LogP contribution >= 0.6 is 11.8 Å². The van der Waals surface area contributed by atoms with E-state index in [1.54, 1.807) is 0 Å². The van der Waals surface area contributed by atoms with Crippen LogP contribution in [-0.4, -0.2) is 33.0 Å². The Bertz CT molecular complexity index is 895. The monoisotopic (exact) mass is 396 g/mol. The summed E-state index contributed by atoms with van der Waals surface area (Å²) in [6.45, 7) is 5.89. The lowest BCUT2D eigenvalue weighted by molar-refractivity contribution is -0.118. The third-order valence-corrected chi connectivity index (χ3v) is 5.09. The zero-order valence-electron chi connectivity index (χ0n) is 16.1. The molecule has 0 spiro atoms. The largest absolute Gasteiger partial charge is 0.494 e. The van der Waals surface area contributed by atoms with Crippen molar-refractivity contribution in [3.63, 3.8) is 0 Å². The van der Waals surface area contributed by atoms with Crippen LogP contribution < -0.4 is 10.1 Å². The maximum absolute atomic E-state index is 12.2. The average Bonchev–Trinajstić information content (AvgIpc) is 3.15. The molecule has 146 valence electrons. The predicted octanol–water partition coefficient (Wildman–Crippen LogP) is 3.77. The quantitative estimate of drug-likeness (QED) is 0.558. The van der Waals surface area contributed by atoms with E-state index in [1.165, 1.54) is 11.8 Å². The van der Waals surface area contributed by atoms with Crippen molar-refractivity contribution in [2.75, 3.05) is 12.4 Å². The topological polar surface area (TPSA) is 69.0 Å². The maximum atomic E-state index is 12.2. The Balaban J connectivity index is 1.61. The third kappa shape index (κ3) is 5.13. The Morgan fingerprint density at radius 2 is 1.82 bits per heavy atom. The molecular weight excluding hydrogens is 372 g/mol. The Labute approximate surface area is 169 Å². The Morgan fingerprint density at radius 1 is 1.07 bits per heavy atom. The number of carbonyl (C=O) groups is 1. The molecule has 28 heavy (non-hydrogen) atoms. The highest BCUT2D eigenvalue weighted by atomic mass is 32.2. The van der Waals surface area contributed by atoms with Crippen molar-refractivity contribution < 1.29 is 9.53 Å². The number of rotatable bonds is 9. The molecule has 0 saturated carbocycles. The van der Waals surface area contributed by atoms with E-state index in [0.29, 0.717) is 18.9 Å². The Morgan fingerprint density at radius 3 is 2.50 bits per heavy atom. The maximum Gasteiger partial charge on any atom is 0.230 e. The summed E-state index contributed by atoms with van der Waals surface area (Å²) in [4.78, 5) is 12.2. The van der Waals surface area contributed by atoms with Gasteiger partial charge in [0.15, 0.2) is 11.0 Å². The molecule has 1 N–H and O–H groups in total. The zero-order valence-corrected chi connectivity index (χ0v) is 16.9. The molecule has 1 aromatic heterocycles. The molecule has 0 atom stereocenters. The minimum absolute atomic E-state index is 0.0258. The summed E-state index contributed by atoms with van der Waals surface area (Å²) in [7, 11) is 0. The van der Waals surface area contributed by atoms with E-state index in [4.69, 9.17) is 4.74 Å². The van der Waals surface area contributed by atoms with Crippen molar-refractivity contribution in [3.8, 4) is 17.1 Å². The summed E-state index contributed by atoms with van der Waals surface area (Å²) >= 11 is 1.39. The first kappa shape index (κ1) is 19.9. The number of benzene rings is 2. The molecule has 0 saturated heterocycles. The van der Waals surface area contributed by atoms with Crippen molar-refractivity contribution >= 4 is 17.7 Å². The second-order valence-electron chi connectivity index (χ2n) is 6.06. The van der Waals surface area contributed by atoms with Crippen molar-refractivity contribution in [1.29, 1.82) is 0 Å². The molecule has 0 unspecified atom stereocenters. The van der Waals surface area contributed by atoms with Crippen LogP contribution in [0.3, 0.4) is 0 Å². The van der Waals surface area contributed by atoms with Crippen LogP contribution in [0.1, 0.15) is 19.4 Å². The molecule has 0 radical (unpaired) electrons. The van der Waals surface area contributed by atoms with E-state index >= 15 is 0 Å². The summed E-state index contributed by atoms with van der Waals surface area (Å²) < 4.78 is 7.51. The Kier molecular flexibility index (Phi) is 7.08. The van der Waals surface area contributed by atoms with Crippen LogP contribution in [0.25, 0.3) is 11.4 Å². The summed E-state index contributed by atoms with van der Waals surface area (Å²) in [6, 6.07) is 17.7. The van der Waals surface area contributed by atoms with Crippen molar-refractivity contribution in [2.45, 2.75) is 32.1 Å². The summed E-state index contributed by atoms with van der Waals surface area (Å²) in [5.74, 6) is 1.90. The van der Waals surface area contributed by atoms with Gasteiger partial charge in [-0.2, -0.15) is 0 Å². The number of hydrogen-bond acceptors (Lipinski definition) is 5. The smallest absolute Gasteiger partial charge is 0.230 e. The fraction of sp³-hybridized carbons (Fsp3) is 0.286. The second kappa shape index (κ2) is 9.94. The van der Waals surface area contributed by atoms with Gasteiger partial charge in [-0.05, 0) is 43.7 Å². The molecule has 2 aromatic carbocycles. The van der Waals surface area contributed by atoms with Gasteiger partial charge in [0.1, 0.15) is 5.75 Å². The molecule has 3 rings (SSSR count). The van der Waals surface area contributed by atoms with Gasteiger partial charge in [-0.1, -0.05) is 42.1 Å². The summed E-state index contributed by atoms with van der Waals surface area (Å²) in [6.07, 6.45) is 0. The van der Waals surface area contributed by atoms with Crippen LogP contribution in [-0.2, 0) is 17.9 Å². The normalized spacial score (nSPS) is 10.6. The van der Waals surface area contributed by atoms with Crippen LogP contribution in [0, 0.1) is 0 Å². The number of ether oxygens (including phenoxy) is 1. The second-order valence-corrected chi connectivity index (χ2v) is 7.00. The molecule has 0 bridgehead atoms. The minimum Gasteiger partial charge on any atom is -0.494 e. The average molecular weight is 397 g/mol. The minimum atomic E-state index is -0.0258. The van der Waals surface area contributed by atoms with Gasteiger partial charge in [-0.25, -0.2) is 0 Å². The van der Waals surface area contributed by atoms with Gasteiger partial charge < -0.3 is 14.6 Å². The lowest BCUT2D eigenvalue weighted by Gasteiger charge is -2.09. The van der Waals surface area contributed by atoms with Crippen LogP contribution in [0.2, 0.25) is 0 Å². The van der Waals surface area contributed by atoms with Gasteiger partial charge in [0.05, 0.1) is 12.4 Å². The highest BCUT2D eigenvalue weighted by molar-refractivity contribution is 7.99. The molecular formula is C21H24N4O2S. The Hall–Kier alpha value is -2.80. The van der Waals surface area contributed by atoms with Crippen molar-refractivity contribution in [1.82, 2.24) is 20.1 Å². The number of amides is 1. The van der Waals surface area contributed by atoms with Crippen molar-refractivity contribution in [3.05, 3.63) is 60.2 Å². The van der Waals surface area contributed by atoms with Gasteiger partial charge >= 0.3 is 0 Å². The number of nitrogens with one attached hydrogen (secondary N) is 1. The van der Waals surface area contributed by atoms with Gasteiger partial charge in [-0.3, -0.25) is 4.79 Å². The molecule has 0 aliphatic rings. The van der Waals surface area contributed by atoms with E-state index in [1.807, 2.05) is 73.0 Å². The molecule has 7 heteroatoms. The standard InChI is InChI=1S/C21H24N4O2S/c1-3-25-20(17-10-12-18(13-11-17)27-4-2)23-24-21(25)28-15-19(26)22-14-16-8-6-5-7-9-16/h5-13H,3-4,14-15H2,1-2H3,(H,22,26). The first-order valence-electron chi connectivity index (χ1n) is 9.31. The molecule has 0 aliphatic heterocycles. The highest BCUT2D eigenvalue weighted by Crippen LogP contribution is 2.25. The van der Waals surface area contributed by atoms with Crippen LogP contribution in [0.4, 0.5) is 0 Å². The van der Waals surface area contributed by atoms with E-state index in [2.05, 4.69) is 15.5 Å². The van der Waals surface area contributed by atoms with Gasteiger partial charge in [0.25, 0.3) is 0 Å². The SMILES string of the molecule is CCOc1ccc(-c2nnc(SCC(=O)NCc3ccccc3)n2CC)cc1. The van der Waals surface area contributed by atoms with Crippen molar-refractivity contribution in [2.24, 2.45) is 0 Å². The lowest BCUT2D eigenvalue weighted by Crippen LogP contribution is -2.24. The number of thioether (sulfide) groups is 1. The third-order valence-electron chi connectivity index (χ3n) is 4.12. The molecule has 1 heterocycles. The van der Waals surface area contributed by atoms with Crippen LogP contribution in [0.5, 0.6) is 5.75 Å². The molecule has 1 amide bonds. The fourth-order valence-electron chi connectivity index (χ4n) is 2.74. The number of hydrogen-bond donors (Lipinski definition) is 1. The molecule has 0 aliphatic carbocycles. The predicted molar refractivity (Wildman–Crippen MR) is 111 cm³/mol. The molecule has 6 nitrogen and oxygen atoms in total. The van der Waals surface area contributed by atoms with E-state index in [-0.39, 0.29) is 5.91 Å². The molecule has 0 fully saturated rings. The fourth-order valence-corrected chi connectivity index (χ4v) is 3.57. The van der Waals surface area contributed by atoms with Crippen LogP contribution in [0.15, 0.2) is 59.8 Å². The van der Waals surface area contributed by atoms with E-state index in [9.17, 15) is 4.79 Å². The van der Waals surface area contributed by atoms with E-state index < -0.39 is 0 Å². The van der Waals surface area contributed by atoms with Gasteiger partial charge in [-0.15, -0.1) is 10.2 Å². The number of aromatic nitrogens is 3. The van der Waals surface area contributed by atoms with Gasteiger partial charge in [0, 0.05) is 18.7 Å². The zero-order chi connectivity index (χ0) is 19.8. The number of carbonyl (C=O) groups excluding carboxylic acids is 1. The summed E-state index contributed by atoms with van der Waals surface area (Å²) in [5, 5.41) is 12.3. The first-order valence-corrected chi connectivity index (χ1v) is 10.3. The first-order chi connectivity index (χ1) is 13.7. The number of nitrogens with zero attached hydrogens (tertiary/aromatic N) is 3.